The minimum Gasteiger partial charge on any atom is -0.497 e. The minimum atomic E-state index is -4.38. The molecule has 0 saturated carbocycles. The molecule has 0 aliphatic carbocycles. The maximum absolute atomic E-state index is 12.9. The first-order valence-electron chi connectivity index (χ1n) is 39.3. The number of methoxy groups -OCH3 is 4. The summed E-state index contributed by atoms with van der Waals surface area (Å²) < 4.78 is 84.0. The Kier molecular flexibility index (Phi) is 35.8. The molecule has 0 atom stereocenters. The third-order valence-electron chi connectivity index (χ3n) is 18.5. The van der Waals surface area contributed by atoms with Crippen molar-refractivity contribution in [2.75, 3.05) is 74.3 Å². The Morgan fingerprint density at radius 3 is 1.04 bits per heavy atom. The molecule has 0 aliphatic heterocycles. The molecule has 9 heterocycles. The Labute approximate surface area is 773 Å². The molecule has 16 aromatic rings. The van der Waals surface area contributed by atoms with E-state index in [1.807, 2.05) is 176 Å². The molecule has 37 nitrogen and oxygen atoms in total. The summed E-state index contributed by atoms with van der Waals surface area (Å²) in [6.45, 7) is 5.90. The number of aromatic nitrogens is 17. The van der Waals surface area contributed by atoms with E-state index in [2.05, 4.69) is 45.8 Å². The average molecular weight is 1850 g/mol. The molecule has 0 unspecified atom stereocenters. The van der Waals surface area contributed by atoms with Crippen molar-refractivity contribution in [1.29, 1.82) is 42.1 Å². The van der Waals surface area contributed by atoms with Gasteiger partial charge in [-0.1, -0.05) is 109 Å². The van der Waals surface area contributed by atoms with Gasteiger partial charge in [-0.2, -0.15) is 96.1 Å². The highest BCUT2D eigenvalue weighted by Gasteiger charge is 2.30. The van der Waals surface area contributed by atoms with Crippen LogP contribution in [0.4, 0.5) is 64.1 Å². The third-order valence-corrected chi connectivity index (χ3v) is 19.5. The van der Waals surface area contributed by atoms with Gasteiger partial charge in [-0.25, -0.2) is 9.37 Å². The van der Waals surface area contributed by atoms with Crippen molar-refractivity contribution in [2.24, 2.45) is 0 Å². The number of nitrogens with two attached hydrogens (primary N) is 8. The second kappa shape index (κ2) is 48.4. The van der Waals surface area contributed by atoms with Gasteiger partial charge in [0, 0.05) is 71.7 Å². The maximum Gasteiger partial charge on any atom is 0.416 e. The fourth-order valence-corrected chi connectivity index (χ4v) is 12.9. The Balaban J connectivity index is 0.000000172. The fourth-order valence-electron chi connectivity index (χ4n) is 12.1. The average Bonchev–Trinajstić information content (AvgIpc) is 1.56. The van der Waals surface area contributed by atoms with Gasteiger partial charge in [0.05, 0.1) is 86.4 Å². The van der Waals surface area contributed by atoms with Crippen molar-refractivity contribution in [3.63, 3.8) is 0 Å². The predicted octanol–water partition coefficient (Wildman–Crippen LogP) is 12.7. The van der Waals surface area contributed by atoms with Crippen LogP contribution in [0.1, 0.15) is 99.6 Å². The molecule has 0 aliphatic rings. The van der Waals surface area contributed by atoms with Gasteiger partial charge in [-0.05, 0) is 113 Å². The van der Waals surface area contributed by atoms with Crippen LogP contribution in [-0.4, -0.2) is 112 Å². The van der Waals surface area contributed by atoms with Crippen molar-refractivity contribution >= 4 is 69.5 Å². The number of anilines is 8. The number of nitrogens with zero attached hydrogens (tertiary/aromatic N) is 25. The number of nitrogen functional groups attached to an aromatic ring is 8. The number of ether oxygens (including phenoxy) is 4. The van der Waals surface area contributed by atoms with Crippen LogP contribution in [0.25, 0.3) is 0 Å². The lowest BCUT2D eigenvalue weighted by molar-refractivity contribution is -0.137. The summed E-state index contributed by atoms with van der Waals surface area (Å²) in [5.41, 5.74) is 54.2. The number of nitriles is 8. The van der Waals surface area contributed by atoms with Gasteiger partial charge in [-0.3, -0.25) is 37.5 Å². The van der Waals surface area contributed by atoms with Crippen LogP contribution in [0.5, 0.6) is 23.0 Å². The number of halogens is 5. The molecule has 7 aromatic carbocycles. The molecular weight excluding hydrogens is 1760 g/mol. The molecule has 134 heavy (non-hydrogen) atoms. The van der Waals surface area contributed by atoms with E-state index in [0.29, 0.717) is 107 Å². The highest BCUT2D eigenvalue weighted by molar-refractivity contribution is 7.09. The molecule has 9 aromatic heterocycles. The lowest BCUT2D eigenvalue weighted by atomic mass is 10.1. The largest absolute Gasteiger partial charge is 0.497 e. The first-order chi connectivity index (χ1) is 64.4. The normalized spacial score (nSPS) is 10.1. The molecule has 16 N–H and O–H groups in total. The summed E-state index contributed by atoms with van der Waals surface area (Å²) >= 11 is 7.41. The smallest absolute Gasteiger partial charge is 0.416 e. The summed E-state index contributed by atoms with van der Waals surface area (Å²) in [5.74, 6) is 4.43. The first-order valence-corrected chi connectivity index (χ1v) is 40.6. The van der Waals surface area contributed by atoms with E-state index in [0.717, 1.165) is 56.5 Å². The van der Waals surface area contributed by atoms with Crippen molar-refractivity contribution < 1.29 is 36.5 Å². The standard InChI is InChI=1S/C13H14N4O2.C12H9F3N4.2C12H12N4O.C12H12N4.C11H9ClN4.C11H9FN4.C8H7N5S/c1-18-11-4-3-9(5-12(11)19-2)7-17-8-10(6-14)13(15)16-17;13-12(14,15)10-3-1-2-8(4-10)6-19-7-9(5-16)11(17)18-19;1-17-11-4-2-3-9(5-11)7-16-8-10(6-13)12(14)15-16;1-17-11-5-3-2-4-9(11)7-16-8-10(6-13)12(14)15-16;1-9-4-2-3-5-10(9)7-16-8-11(6-13)12(14)15-16;2*12-10-3-1-2-8(4-10)6-16-7-9(5-13)11(14)15-16;9-3-6-4-13(12-8(6)10)5-7-11-1-2-14-7/h3-5,8H,7H2,1-2H3,(H2,15,16);1-4,7H,6H2,(H2,17,18);2*2-5,8H,7H2,1H3,(H2,14,15);2-5,8H,7H2,1H3,(H2,14,15);2*1-4,7H,6H2,(H2,14,15);1-2,4H,5H2,(H2,10,12). The van der Waals surface area contributed by atoms with Crippen LogP contribution >= 0.6 is 22.9 Å². The fraction of sp³-hybridized carbons (Fsp3) is 0.154. The van der Waals surface area contributed by atoms with Crippen LogP contribution in [-0.2, 0) is 58.5 Å². The van der Waals surface area contributed by atoms with Crippen LogP contribution in [0, 0.1) is 103 Å². The number of alkyl halides is 3. The number of benzene rings is 7. The zero-order chi connectivity index (χ0) is 97.0. The lowest BCUT2D eigenvalue weighted by Crippen LogP contribution is -2.07. The molecule has 0 saturated heterocycles. The maximum atomic E-state index is 12.9. The molecule has 0 amide bonds. The number of hydrogen-bond donors (Lipinski definition) is 8. The molecule has 16 rings (SSSR count). The van der Waals surface area contributed by atoms with Gasteiger partial charge in [-0.15, -0.1) is 11.3 Å². The summed E-state index contributed by atoms with van der Waals surface area (Å²) in [6, 6.07) is 63.3. The Morgan fingerprint density at radius 1 is 0.343 bits per heavy atom. The van der Waals surface area contributed by atoms with Gasteiger partial charge in [0.2, 0.25) is 0 Å². The van der Waals surface area contributed by atoms with Crippen LogP contribution in [0.3, 0.4) is 0 Å². The summed E-state index contributed by atoms with van der Waals surface area (Å²) in [7, 11) is 6.42. The van der Waals surface area contributed by atoms with E-state index in [1.165, 1.54) is 44.9 Å². The Morgan fingerprint density at radius 2 is 0.679 bits per heavy atom. The highest BCUT2D eigenvalue weighted by atomic mass is 35.5. The van der Waals surface area contributed by atoms with E-state index < -0.39 is 11.7 Å². The molecule has 678 valence electrons. The Hall–Kier alpha value is -18.6. The summed E-state index contributed by atoms with van der Waals surface area (Å²) in [6.07, 6.45) is 10.1. The molecule has 0 fully saturated rings. The topological polar surface area (TPSA) is 591 Å². The second-order valence-electron chi connectivity index (χ2n) is 28.1. The molecule has 0 spiro atoms. The van der Waals surface area contributed by atoms with Crippen LogP contribution in [0.2, 0.25) is 5.02 Å². The van der Waals surface area contributed by atoms with Gasteiger partial charge < -0.3 is 64.8 Å². The van der Waals surface area contributed by atoms with Crippen molar-refractivity contribution in [2.45, 2.75) is 65.5 Å². The number of aryl methyl sites for hydroxylation is 1. The number of para-hydroxylation sites is 1. The van der Waals surface area contributed by atoms with Gasteiger partial charge in [0.15, 0.2) is 58.0 Å². The van der Waals surface area contributed by atoms with Crippen LogP contribution in [0.15, 0.2) is 225 Å². The molecule has 43 heteroatoms. The van der Waals surface area contributed by atoms with E-state index in [4.69, 9.17) is 119 Å². The number of thiazole rings is 1. The summed E-state index contributed by atoms with van der Waals surface area (Å²) in [5, 5.41) is 106. The van der Waals surface area contributed by atoms with E-state index in [1.54, 1.807) is 136 Å². The Bertz CT molecular complexity index is 6920. The zero-order valence-electron chi connectivity index (χ0n) is 72.2. The van der Waals surface area contributed by atoms with Gasteiger partial charge in [0.1, 0.15) is 115 Å². The molecule has 0 radical (unpaired) electrons. The monoisotopic (exact) mass is 1850 g/mol. The highest BCUT2D eigenvalue weighted by Crippen LogP contribution is 2.31. The minimum absolute atomic E-state index is 0.0643. The van der Waals surface area contributed by atoms with Crippen LogP contribution < -0.4 is 64.8 Å². The van der Waals surface area contributed by atoms with E-state index >= 15 is 0 Å². The zero-order valence-corrected chi connectivity index (χ0v) is 73.8. The van der Waals surface area contributed by atoms with E-state index in [-0.39, 0.29) is 64.5 Å². The first kappa shape index (κ1) is 99.2. The number of hydrogen-bond acceptors (Lipinski definition) is 30. The van der Waals surface area contributed by atoms with Crippen molar-refractivity contribution in [1.82, 2.24) is 83.2 Å². The molecular formula is C91H84ClF4N33O4S. The number of rotatable bonds is 20. The predicted molar refractivity (Wildman–Crippen MR) is 492 cm³/mol. The lowest BCUT2D eigenvalue weighted by Gasteiger charge is -2.09. The SMILES string of the molecule is COc1ccc(Cn2cc(C#N)c(N)n2)cc1OC.COc1cccc(Cn2cc(C#N)c(N)n2)c1.COc1ccccc1Cn1cc(C#N)c(N)n1.Cc1ccccc1Cn1cc(C#N)c(N)n1.N#Cc1cn(Cc2cccc(C(F)(F)F)c2)nc1N.N#Cc1cn(Cc2cccc(Cl)c2)nc1N.N#Cc1cn(Cc2cccc(F)c2)nc1N.N#Cc1cn(Cc2nccs2)nc1N. The van der Waals surface area contributed by atoms with Crippen molar-refractivity contribution in [3.8, 4) is 71.6 Å². The van der Waals surface area contributed by atoms with Gasteiger partial charge in [0.25, 0.3) is 0 Å². The van der Waals surface area contributed by atoms with E-state index in [9.17, 15) is 17.6 Å². The quantitative estimate of drug-likeness (QED) is 0.0329. The molecule has 0 bridgehead atoms. The second-order valence-corrected chi connectivity index (χ2v) is 29.5. The third kappa shape index (κ3) is 29.2. The van der Waals surface area contributed by atoms with Gasteiger partial charge >= 0.3 is 6.18 Å². The van der Waals surface area contributed by atoms with Crippen molar-refractivity contribution in [3.05, 3.63) is 335 Å². The summed E-state index contributed by atoms with van der Waals surface area (Å²) in [4.78, 5) is 4.11.